The number of likely N-dealkylation sites (tertiary alicyclic amines) is 1. The largest absolute Gasteiger partial charge is 0.481 e. The van der Waals surface area contributed by atoms with E-state index in [1.54, 1.807) is 13.3 Å². The predicted molar refractivity (Wildman–Crippen MR) is 99.0 cm³/mol. The van der Waals surface area contributed by atoms with Crippen LogP contribution in [-0.2, 0) is 0 Å². The molecule has 128 valence electrons. The second kappa shape index (κ2) is 9.03. The van der Waals surface area contributed by atoms with Crippen molar-refractivity contribution in [3.8, 4) is 5.88 Å². The minimum absolute atomic E-state index is 0.597. The smallest absolute Gasteiger partial charge is 0.213 e. The first-order valence-corrected chi connectivity index (χ1v) is 8.75. The highest BCUT2D eigenvalue weighted by Crippen LogP contribution is 2.20. The topological polar surface area (TPSA) is 49.4 Å². The van der Waals surface area contributed by atoms with Gasteiger partial charge in [0, 0.05) is 25.7 Å². The van der Waals surface area contributed by atoms with Crippen LogP contribution < -0.4 is 15.4 Å². The van der Waals surface area contributed by atoms with Gasteiger partial charge in [-0.15, -0.1) is 0 Å². The minimum atomic E-state index is 0.597. The lowest BCUT2D eigenvalue weighted by Crippen LogP contribution is -2.40. The lowest BCUT2D eigenvalue weighted by atomic mass is 9.92. The lowest BCUT2D eigenvalue weighted by Gasteiger charge is -2.34. The summed E-state index contributed by atoms with van der Waals surface area (Å²) in [6.45, 7) is 9.17. The summed E-state index contributed by atoms with van der Waals surface area (Å²) in [4.78, 5) is 6.72. The number of rotatable bonds is 6. The average Bonchev–Trinajstić information content (AvgIpc) is 2.51. The molecule has 1 fully saturated rings. The van der Waals surface area contributed by atoms with Gasteiger partial charge in [-0.25, -0.2) is 4.98 Å². The van der Waals surface area contributed by atoms with Gasteiger partial charge >= 0.3 is 0 Å². The summed E-state index contributed by atoms with van der Waals surface area (Å²) in [7, 11) is 1.60. The number of nitrogens with one attached hydrogen (secondary N) is 2. The maximum absolute atomic E-state index is 5.31. The first-order chi connectivity index (χ1) is 11.1. The van der Waals surface area contributed by atoms with Crippen molar-refractivity contribution in [1.29, 1.82) is 0 Å². The van der Waals surface area contributed by atoms with Crippen LogP contribution in [0, 0.1) is 11.8 Å². The third-order valence-electron chi connectivity index (χ3n) is 4.08. The number of aromatic nitrogens is 1. The molecule has 5 nitrogen and oxygen atoms in total. The quantitative estimate of drug-likeness (QED) is 0.615. The Hall–Kier alpha value is -1.40. The second-order valence-electron chi connectivity index (χ2n) is 6.53. The van der Waals surface area contributed by atoms with Crippen LogP contribution in [0.4, 0.5) is 5.69 Å². The van der Waals surface area contributed by atoms with Crippen LogP contribution in [-0.4, -0.2) is 48.3 Å². The third kappa shape index (κ3) is 6.31. The molecule has 0 aromatic carbocycles. The van der Waals surface area contributed by atoms with E-state index in [1.165, 1.54) is 19.5 Å². The fourth-order valence-corrected chi connectivity index (χ4v) is 3.45. The van der Waals surface area contributed by atoms with Crippen LogP contribution in [0.1, 0.15) is 26.7 Å². The maximum atomic E-state index is 5.31. The highest BCUT2D eigenvalue weighted by Gasteiger charge is 2.20. The standard InChI is InChI=1S/C17H28N4OS/c1-13-9-14(2)12-21(11-13)8-4-7-18-17(23)20-15-5-6-16(22-3)19-10-15/h5-6,10,13-14H,4,7-9,11-12H2,1-3H3,(H2,18,20,23)/t13-,14+. The summed E-state index contributed by atoms with van der Waals surface area (Å²) in [5, 5.41) is 7.03. The number of hydrogen-bond donors (Lipinski definition) is 2. The van der Waals surface area contributed by atoms with Crippen molar-refractivity contribution in [2.45, 2.75) is 26.7 Å². The van der Waals surface area contributed by atoms with E-state index in [2.05, 4.69) is 34.4 Å². The van der Waals surface area contributed by atoms with E-state index < -0.39 is 0 Å². The number of anilines is 1. The molecule has 2 rings (SSSR count). The molecule has 0 amide bonds. The average molecular weight is 337 g/mol. The number of hydrogen-bond acceptors (Lipinski definition) is 4. The van der Waals surface area contributed by atoms with Gasteiger partial charge < -0.3 is 20.3 Å². The summed E-state index contributed by atoms with van der Waals surface area (Å²) >= 11 is 5.31. The molecule has 0 bridgehead atoms. The van der Waals surface area contributed by atoms with Gasteiger partial charge in [0.25, 0.3) is 0 Å². The Bertz CT molecular complexity index is 484. The number of ether oxygens (including phenoxy) is 1. The molecule has 0 unspecified atom stereocenters. The molecule has 0 aliphatic carbocycles. The Balaban J connectivity index is 1.62. The number of thiocarbonyl (C=S) groups is 1. The minimum Gasteiger partial charge on any atom is -0.481 e. The first kappa shape index (κ1) is 17.9. The van der Waals surface area contributed by atoms with Gasteiger partial charge in [0.1, 0.15) is 0 Å². The lowest BCUT2D eigenvalue weighted by molar-refractivity contribution is 0.140. The van der Waals surface area contributed by atoms with Crippen LogP contribution >= 0.6 is 12.2 Å². The molecule has 1 aliphatic heterocycles. The van der Waals surface area contributed by atoms with Crippen molar-refractivity contribution < 1.29 is 4.74 Å². The van der Waals surface area contributed by atoms with E-state index in [9.17, 15) is 0 Å². The van der Waals surface area contributed by atoms with Gasteiger partial charge in [-0.1, -0.05) is 13.8 Å². The van der Waals surface area contributed by atoms with E-state index in [-0.39, 0.29) is 0 Å². The van der Waals surface area contributed by atoms with Gasteiger partial charge in [-0.05, 0) is 49.5 Å². The van der Waals surface area contributed by atoms with Gasteiger partial charge in [-0.3, -0.25) is 0 Å². The number of piperidine rings is 1. The van der Waals surface area contributed by atoms with Crippen molar-refractivity contribution in [2.75, 3.05) is 38.6 Å². The second-order valence-corrected chi connectivity index (χ2v) is 6.94. The monoisotopic (exact) mass is 336 g/mol. The molecule has 0 spiro atoms. The summed E-state index contributed by atoms with van der Waals surface area (Å²) < 4.78 is 5.03. The predicted octanol–water partition coefficient (Wildman–Crippen LogP) is 2.74. The third-order valence-corrected chi connectivity index (χ3v) is 4.33. The normalized spacial score (nSPS) is 21.7. The van der Waals surface area contributed by atoms with Crippen LogP contribution in [0.15, 0.2) is 18.3 Å². The molecule has 1 saturated heterocycles. The van der Waals surface area contributed by atoms with Crippen molar-refractivity contribution in [3.63, 3.8) is 0 Å². The van der Waals surface area contributed by atoms with Crippen molar-refractivity contribution >= 4 is 23.0 Å². The molecular formula is C17H28N4OS. The highest BCUT2D eigenvalue weighted by atomic mass is 32.1. The van der Waals surface area contributed by atoms with Crippen LogP contribution in [0.2, 0.25) is 0 Å². The Morgan fingerprint density at radius 2 is 2.09 bits per heavy atom. The molecule has 0 saturated carbocycles. The highest BCUT2D eigenvalue weighted by molar-refractivity contribution is 7.80. The van der Waals surface area contributed by atoms with E-state index in [0.717, 1.165) is 37.0 Å². The number of pyridine rings is 1. The van der Waals surface area contributed by atoms with Crippen LogP contribution in [0.25, 0.3) is 0 Å². The first-order valence-electron chi connectivity index (χ1n) is 8.34. The van der Waals surface area contributed by atoms with Gasteiger partial charge in [-0.2, -0.15) is 0 Å². The van der Waals surface area contributed by atoms with Crippen LogP contribution in [0.5, 0.6) is 5.88 Å². The fourth-order valence-electron chi connectivity index (χ4n) is 3.23. The van der Waals surface area contributed by atoms with Crippen molar-refractivity contribution in [2.24, 2.45) is 11.8 Å². The summed E-state index contributed by atoms with van der Waals surface area (Å²) in [5.41, 5.74) is 0.863. The molecule has 0 radical (unpaired) electrons. The number of nitrogens with zero attached hydrogens (tertiary/aromatic N) is 2. The van der Waals surface area contributed by atoms with Gasteiger partial charge in [0.15, 0.2) is 5.11 Å². The fraction of sp³-hybridized carbons (Fsp3) is 0.647. The van der Waals surface area contributed by atoms with Crippen molar-refractivity contribution in [1.82, 2.24) is 15.2 Å². The zero-order chi connectivity index (χ0) is 16.7. The zero-order valence-corrected chi connectivity index (χ0v) is 15.2. The molecule has 23 heavy (non-hydrogen) atoms. The molecule has 2 heterocycles. The molecular weight excluding hydrogens is 308 g/mol. The Kier molecular flexibility index (Phi) is 7.05. The molecule has 2 N–H and O–H groups in total. The Morgan fingerprint density at radius 1 is 1.35 bits per heavy atom. The molecule has 1 aromatic rings. The maximum Gasteiger partial charge on any atom is 0.213 e. The summed E-state index contributed by atoms with van der Waals surface area (Å²) in [6.07, 6.45) is 4.17. The SMILES string of the molecule is COc1ccc(NC(=S)NCCCN2C[C@H](C)C[C@H](C)C2)cn1. The summed E-state index contributed by atoms with van der Waals surface area (Å²) in [5.74, 6) is 2.23. The molecule has 2 atom stereocenters. The van der Waals surface area contributed by atoms with Gasteiger partial charge in [0.2, 0.25) is 5.88 Å². The molecule has 6 heteroatoms. The summed E-state index contributed by atoms with van der Waals surface area (Å²) in [6, 6.07) is 3.71. The van der Waals surface area contributed by atoms with Crippen LogP contribution in [0.3, 0.4) is 0 Å². The van der Waals surface area contributed by atoms with Crippen molar-refractivity contribution in [3.05, 3.63) is 18.3 Å². The van der Waals surface area contributed by atoms with E-state index in [4.69, 9.17) is 17.0 Å². The Morgan fingerprint density at radius 3 is 2.70 bits per heavy atom. The zero-order valence-electron chi connectivity index (χ0n) is 14.3. The van der Waals surface area contributed by atoms with Gasteiger partial charge in [0.05, 0.1) is 19.0 Å². The van der Waals surface area contributed by atoms with E-state index in [0.29, 0.717) is 11.0 Å². The van der Waals surface area contributed by atoms with E-state index >= 15 is 0 Å². The molecule has 1 aliphatic rings. The Labute approximate surface area is 144 Å². The van der Waals surface area contributed by atoms with E-state index in [1.807, 2.05) is 12.1 Å². The number of methoxy groups -OCH3 is 1. The molecule has 1 aromatic heterocycles.